The average molecular weight is 327 g/mol. The van der Waals surface area contributed by atoms with Gasteiger partial charge in [-0.2, -0.15) is 0 Å². The van der Waals surface area contributed by atoms with E-state index in [1.165, 1.54) is 0 Å². The minimum Gasteiger partial charge on any atom is -0.489 e. The summed E-state index contributed by atoms with van der Waals surface area (Å²) in [6.07, 6.45) is -1.12. The van der Waals surface area contributed by atoms with Crippen LogP contribution >= 0.6 is 23.2 Å². The normalized spacial score (nSPS) is 11.7. The Kier molecular flexibility index (Phi) is 5.31. The number of rotatable bonds is 6. The van der Waals surface area contributed by atoms with Crippen molar-refractivity contribution in [2.24, 2.45) is 0 Å². The van der Waals surface area contributed by atoms with E-state index in [0.717, 1.165) is 0 Å². The molecule has 21 heavy (non-hydrogen) atoms. The lowest BCUT2D eigenvalue weighted by Crippen LogP contribution is -2.33. The Morgan fingerprint density at radius 1 is 0.952 bits per heavy atom. The number of hydrogen-bond acceptors (Lipinski definition) is 3. The Balaban J connectivity index is 1.97. The van der Waals surface area contributed by atoms with Gasteiger partial charge in [-0.1, -0.05) is 23.2 Å². The fourth-order valence-corrected chi connectivity index (χ4v) is 1.79. The van der Waals surface area contributed by atoms with Gasteiger partial charge in [0.05, 0.1) is 0 Å². The summed E-state index contributed by atoms with van der Waals surface area (Å²) in [4.78, 5) is 11.2. The molecule has 0 bridgehead atoms. The van der Waals surface area contributed by atoms with Crippen LogP contribution in [0.1, 0.15) is 0 Å². The van der Waals surface area contributed by atoms with Crippen LogP contribution in [0.25, 0.3) is 0 Å². The molecule has 110 valence electrons. The van der Waals surface area contributed by atoms with Crippen LogP contribution in [-0.2, 0) is 4.79 Å². The Labute approximate surface area is 131 Å². The van der Waals surface area contributed by atoms with E-state index >= 15 is 0 Å². The van der Waals surface area contributed by atoms with Crippen LogP contribution in [0.4, 0.5) is 0 Å². The van der Waals surface area contributed by atoms with Crippen molar-refractivity contribution in [3.63, 3.8) is 0 Å². The number of halogens is 2. The molecule has 1 N–H and O–H groups in total. The number of carboxylic acids is 1. The average Bonchev–Trinajstić information content (AvgIpc) is 2.47. The second kappa shape index (κ2) is 7.20. The fourth-order valence-electron chi connectivity index (χ4n) is 1.54. The van der Waals surface area contributed by atoms with Gasteiger partial charge in [0.1, 0.15) is 18.1 Å². The summed E-state index contributed by atoms with van der Waals surface area (Å²) in [5.41, 5.74) is 0. The summed E-state index contributed by atoms with van der Waals surface area (Å²) in [6.45, 7) is -0.125. The van der Waals surface area contributed by atoms with Crippen LogP contribution in [-0.4, -0.2) is 23.8 Å². The molecule has 0 aromatic heterocycles. The molecule has 2 aromatic rings. The van der Waals surface area contributed by atoms with Crippen LogP contribution in [0.5, 0.6) is 11.5 Å². The molecule has 0 spiro atoms. The van der Waals surface area contributed by atoms with Gasteiger partial charge in [-0.25, -0.2) is 4.79 Å². The number of carboxylic acid groups (broad SMARTS) is 1. The van der Waals surface area contributed by atoms with Crippen LogP contribution in [0, 0.1) is 0 Å². The molecule has 0 aliphatic rings. The van der Waals surface area contributed by atoms with E-state index in [2.05, 4.69) is 0 Å². The van der Waals surface area contributed by atoms with E-state index in [4.69, 9.17) is 37.8 Å². The highest BCUT2D eigenvalue weighted by Gasteiger charge is 2.20. The van der Waals surface area contributed by atoms with Gasteiger partial charge in [-0.3, -0.25) is 0 Å². The zero-order chi connectivity index (χ0) is 15.2. The molecule has 2 rings (SSSR count). The van der Waals surface area contributed by atoms with Gasteiger partial charge in [-0.15, -0.1) is 0 Å². The predicted molar refractivity (Wildman–Crippen MR) is 80.5 cm³/mol. The summed E-state index contributed by atoms with van der Waals surface area (Å²) in [6, 6.07) is 13.1. The highest BCUT2D eigenvalue weighted by atomic mass is 35.5. The van der Waals surface area contributed by atoms with E-state index in [1.54, 1.807) is 48.5 Å². The molecule has 6 heteroatoms. The minimum absolute atomic E-state index is 0.125. The summed E-state index contributed by atoms with van der Waals surface area (Å²) in [7, 11) is 0. The maximum Gasteiger partial charge on any atom is 0.348 e. The molecule has 4 nitrogen and oxygen atoms in total. The number of benzene rings is 2. The third kappa shape index (κ3) is 4.85. The lowest BCUT2D eigenvalue weighted by molar-refractivity contribution is -0.146. The molecule has 2 aromatic carbocycles. The Morgan fingerprint density at radius 3 is 1.90 bits per heavy atom. The Bertz CT molecular complexity index is 596. The number of hydrogen-bond donors (Lipinski definition) is 1. The lowest BCUT2D eigenvalue weighted by Gasteiger charge is -2.16. The van der Waals surface area contributed by atoms with Crippen molar-refractivity contribution < 1.29 is 19.4 Å². The zero-order valence-corrected chi connectivity index (χ0v) is 12.3. The molecule has 0 radical (unpaired) electrons. The fraction of sp³-hybridized carbons (Fsp3) is 0.133. The van der Waals surface area contributed by atoms with Crippen LogP contribution in [0.3, 0.4) is 0 Å². The van der Waals surface area contributed by atoms with Crippen molar-refractivity contribution in [1.82, 2.24) is 0 Å². The van der Waals surface area contributed by atoms with E-state index in [0.29, 0.717) is 21.5 Å². The maximum atomic E-state index is 11.2. The predicted octanol–water partition coefficient (Wildman–Crippen LogP) is 3.90. The van der Waals surface area contributed by atoms with Crippen molar-refractivity contribution >= 4 is 29.2 Å². The van der Waals surface area contributed by atoms with E-state index < -0.39 is 12.1 Å². The SMILES string of the molecule is O=C(O)C(COc1ccc(Cl)cc1)Oc1ccc(Cl)cc1. The summed E-state index contributed by atoms with van der Waals surface area (Å²) in [5.74, 6) is -0.184. The largest absolute Gasteiger partial charge is 0.489 e. The molecular weight excluding hydrogens is 315 g/mol. The second-order valence-corrected chi connectivity index (χ2v) is 5.04. The van der Waals surface area contributed by atoms with Crippen molar-refractivity contribution in [2.45, 2.75) is 6.10 Å². The van der Waals surface area contributed by atoms with E-state index in [-0.39, 0.29) is 6.61 Å². The number of ether oxygens (including phenoxy) is 2. The molecule has 0 fully saturated rings. The van der Waals surface area contributed by atoms with E-state index in [1.807, 2.05) is 0 Å². The number of aliphatic carboxylic acids is 1. The van der Waals surface area contributed by atoms with Crippen LogP contribution < -0.4 is 9.47 Å². The Morgan fingerprint density at radius 2 is 1.43 bits per heavy atom. The van der Waals surface area contributed by atoms with Gasteiger partial charge < -0.3 is 14.6 Å². The smallest absolute Gasteiger partial charge is 0.348 e. The third-order valence-corrected chi connectivity index (χ3v) is 3.09. The van der Waals surface area contributed by atoms with Gasteiger partial charge in [-0.05, 0) is 48.5 Å². The van der Waals surface area contributed by atoms with Crippen molar-refractivity contribution in [3.05, 3.63) is 58.6 Å². The Hall–Kier alpha value is -1.91. The van der Waals surface area contributed by atoms with Crippen LogP contribution in [0.2, 0.25) is 10.0 Å². The second-order valence-electron chi connectivity index (χ2n) is 4.16. The third-order valence-electron chi connectivity index (χ3n) is 2.58. The van der Waals surface area contributed by atoms with Crippen molar-refractivity contribution in [3.8, 4) is 11.5 Å². The highest BCUT2D eigenvalue weighted by Crippen LogP contribution is 2.19. The monoisotopic (exact) mass is 326 g/mol. The molecule has 0 aliphatic carbocycles. The van der Waals surface area contributed by atoms with Crippen molar-refractivity contribution in [2.75, 3.05) is 6.61 Å². The highest BCUT2D eigenvalue weighted by molar-refractivity contribution is 6.30. The molecule has 1 unspecified atom stereocenters. The molecule has 0 saturated heterocycles. The molecule has 0 saturated carbocycles. The zero-order valence-electron chi connectivity index (χ0n) is 10.8. The molecule has 0 amide bonds. The van der Waals surface area contributed by atoms with Gasteiger partial charge >= 0.3 is 5.97 Å². The first-order chi connectivity index (χ1) is 10.0. The molecule has 1 atom stereocenters. The summed E-state index contributed by atoms with van der Waals surface area (Å²) in [5, 5.41) is 10.3. The maximum absolute atomic E-state index is 11.2. The molecule has 0 heterocycles. The first-order valence-electron chi connectivity index (χ1n) is 6.08. The summed E-state index contributed by atoms with van der Waals surface area (Å²) < 4.78 is 10.8. The lowest BCUT2D eigenvalue weighted by atomic mass is 10.3. The first-order valence-corrected chi connectivity index (χ1v) is 6.83. The standard InChI is InChI=1S/C15H12Cl2O4/c16-10-1-5-12(6-2-10)20-9-14(15(18)19)21-13-7-3-11(17)4-8-13/h1-8,14H,9H2,(H,18,19). The molecule has 0 aliphatic heterocycles. The topological polar surface area (TPSA) is 55.8 Å². The first kappa shape index (κ1) is 15.5. The van der Waals surface area contributed by atoms with Crippen molar-refractivity contribution in [1.29, 1.82) is 0 Å². The minimum atomic E-state index is -1.12. The number of carbonyl (C=O) groups is 1. The van der Waals surface area contributed by atoms with E-state index in [9.17, 15) is 4.79 Å². The summed E-state index contributed by atoms with van der Waals surface area (Å²) >= 11 is 11.5. The van der Waals surface area contributed by atoms with Gasteiger partial charge in [0.2, 0.25) is 6.10 Å². The van der Waals surface area contributed by atoms with Gasteiger partial charge in [0.25, 0.3) is 0 Å². The van der Waals surface area contributed by atoms with Crippen LogP contribution in [0.15, 0.2) is 48.5 Å². The van der Waals surface area contributed by atoms with Gasteiger partial charge in [0.15, 0.2) is 0 Å². The quantitative estimate of drug-likeness (QED) is 0.874. The van der Waals surface area contributed by atoms with Gasteiger partial charge in [0, 0.05) is 10.0 Å². The molecular formula is C15H12Cl2O4.